The molecule has 0 radical (unpaired) electrons. The molecule has 0 unspecified atom stereocenters. The van der Waals surface area contributed by atoms with Crippen molar-refractivity contribution in [3.8, 4) is 0 Å². The highest BCUT2D eigenvalue weighted by molar-refractivity contribution is 8.01. The zero-order valence-corrected chi connectivity index (χ0v) is 20.7. The number of esters is 1. The van der Waals surface area contributed by atoms with Crippen molar-refractivity contribution in [1.82, 2.24) is 15.1 Å². The lowest BCUT2D eigenvalue weighted by atomic mass is 10.0. The van der Waals surface area contributed by atoms with E-state index in [-0.39, 0.29) is 11.3 Å². The summed E-state index contributed by atoms with van der Waals surface area (Å²) < 4.78 is 6.93. The first kappa shape index (κ1) is 23.1. The Kier molecular flexibility index (Phi) is 6.73. The van der Waals surface area contributed by atoms with Gasteiger partial charge < -0.3 is 10.5 Å². The van der Waals surface area contributed by atoms with E-state index in [1.165, 1.54) is 28.0 Å². The quantitative estimate of drug-likeness (QED) is 0.291. The zero-order valence-electron chi connectivity index (χ0n) is 18.3. The topological polar surface area (TPSA) is 98.4 Å². The summed E-state index contributed by atoms with van der Waals surface area (Å²) in [4.78, 5) is 27.9. The van der Waals surface area contributed by atoms with Crippen LogP contribution in [0.15, 0.2) is 76.3 Å². The van der Waals surface area contributed by atoms with E-state index in [1.54, 1.807) is 11.8 Å². The first-order valence-corrected chi connectivity index (χ1v) is 13.5. The summed E-state index contributed by atoms with van der Waals surface area (Å²) in [6, 6.07) is 18.6. The van der Waals surface area contributed by atoms with Crippen molar-refractivity contribution < 1.29 is 14.3 Å². The second kappa shape index (κ2) is 9.91. The molecule has 0 aliphatic carbocycles. The Morgan fingerprint density at radius 2 is 1.79 bits per heavy atom. The van der Waals surface area contributed by atoms with Crippen LogP contribution in [-0.4, -0.2) is 49.9 Å². The lowest BCUT2D eigenvalue weighted by Gasteiger charge is -2.48. The van der Waals surface area contributed by atoms with Gasteiger partial charge in [0.15, 0.2) is 10.4 Å². The van der Waals surface area contributed by atoms with E-state index in [4.69, 9.17) is 10.5 Å². The number of carbonyl (C=O) groups is 2. The number of rotatable bonds is 7. The van der Waals surface area contributed by atoms with Crippen LogP contribution in [0.25, 0.3) is 0 Å². The van der Waals surface area contributed by atoms with Crippen molar-refractivity contribution in [2.24, 2.45) is 5.73 Å². The first-order chi connectivity index (χ1) is 16.5. The number of carbonyl (C=O) groups excluding carboxylic acids is 2. The van der Waals surface area contributed by atoms with E-state index in [2.05, 4.69) is 10.2 Å². The van der Waals surface area contributed by atoms with Gasteiger partial charge >= 0.3 is 5.97 Å². The molecule has 1 aromatic heterocycles. The predicted octanol–water partition coefficient (Wildman–Crippen LogP) is 3.77. The summed E-state index contributed by atoms with van der Waals surface area (Å²) in [6.07, 6.45) is -0.597. The maximum absolute atomic E-state index is 13.7. The lowest BCUT2D eigenvalue weighted by molar-refractivity contribution is -0.153. The average Bonchev–Trinajstić information content (AvgIpc) is 3.30. The summed E-state index contributed by atoms with van der Waals surface area (Å²) in [6.45, 7) is 1.90. The van der Waals surface area contributed by atoms with Crippen molar-refractivity contribution >= 4 is 46.7 Å². The van der Waals surface area contributed by atoms with Crippen LogP contribution >= 0.6 is 34.9 Å². The summed E-state index contributed by atoms with van der Waals surface area (Å²) in [5, 5.41) is 8.84. The minimum absolute atomic E-state index is 0.250. The van der Waals surface area contributed by atoms with Gasteiger partial charge in [-0.05, 0) is 23.6 Å². The van der Waals surface area contributed by atoms with Crippen LogP contribution in [0.5, 0.6) is 0 Å². The molecule has 0 saturated carbocycles. The van der Waals surface area contributed by atoms with Crippen LogP contribution in [-0.2, 0) is 14.3 Å². The van der Waals surface area contributed by atoms with E-state index in [0.29, 0.717) is 17.2 Å². The van der Waals surface area contributed by atoms with Crippen LogP contribution in [0.4, 0.5) is 0 Å². The Balaban J connectivity index is 1.47. The van der Waals surface area contributed by atoms with Gasteiger partial charge in [-0.3, -0.25) is 9.69 Å². The van der Waals surface area contributed by atoms with Crippen molar-refractivity contribution in [2.75, 3.05) is 11.5 Å². The smallest absolute Gasteiger partial charge is 0.356 e. The van der Waals surface area contributed by atoms with Gasteiger partial charge in [-0.1, -0.05) is 83.8 Å². The van der Waals surface area contributed by atoms with E-state index >= 15 is 0 Å². The number of β-lactam (4-membered cyclic amide) rings is 1. The number of thioether (sulfide) groups is 2. The highest BCUT2D eigenvalue weighted by Gasteiger charge is 2.52. The van der Waals surface area contributed by atoms with Crippen LogP contribution < -0.4 is 5.73 Å². The number of hydrogen-bond donors (Lipinski definition) is 1. The van der Waals surface area contributed by atoms with Gasteiger partial charge in [0.05, 0.1) is 0 Å². The van der Waals surface area contributed by atoms with Crippen molar-refractivity contribution in [2.45, 2.75) is 28.8 Å². The third kappa shape index (κ3) is 4.50. The van der Waals surface area contributed by atoms with Gasteiger partial charge in [0, 0.05) is 11.5 Å². The minimum Gasteiger partial charge on any atom is -0.448 e. The average molecular weight is 511 g/mol. The van der Waals surface area contributed by atoms with Crippen LogP contribution in [0.3, 0.4) is 0 Å². The fraction of sp³-hybridized carbons (Fsp3) is 0.250. The molecule has 2 aliphatic rings. The largest absolute Gasteiger partial charge is 0.448 e. The molecule has 2 atom stereocenters. The lowest BCUT2D eigenvalue weighted by Crippen LogP contribution is -2.68. The predicted molar refractivity (Wildman–Crippen MR) is 134 cm³/mol. The van der Waals surface area contributed by atoms with E-state index < -0.39 is 18.1 Å². The van der Waals surface area contributed by atoms with Crippen LogP contribution in [0.1, 0.15) is 22.2 Å². The number of amides is 1. The van der Waals surface area contributed by atoms with E-state index in [0.717, 1.165) is 26.0 Å². The first-order valence-electron chi connectivity index (χ1n) is 10.7. The second-order valence-corrected chi connectivity index (χ2v) is 11.4. The Labute approximate surface area is 209 Å². The van der Waals surface area contributed by atoms with Gasteiger partial charge in [0.25, 0.3) is 0 Å². The fourth-order valence-electron chi connectivity index (χ4n) is 3.91. The molecular weight excluding hydrogens is 488 g/mol. The Bertz CT molecular complexity index is 1190. The highest BCUT2D eigenvalue weighted by Crippen LogP contribution is 2.42. The molecule has 3 heterocycles. The van der Waals surface area contributed by atoms with E-state index in [1.807, 2.05) is 67.6 Å². The van der Waals surface area contributed by atoms with E-state index in [9.17, 15) is 9.59 Å². The summed E-state index contributed by atoms with van der Waals surface area (Å²) in [5.74, 6) is 0.333. The summed E-state index contributed by atoms with van der Waals surface area (Å²) >= 11 is 4.58. The van der Waals surface area contributed by atoms with Gasteiger partial charge in [0.1, 0.15) is 22.1 Å². The molecule has 2 aliphatic heterocycles. The molecule has 2 N–H and O–H groups in total. The zero-order chi connectivity index (χ0) is 23.7. The third-order valence-corrected chi connectivity index (χ3v) is 9.01. The minimum atomic E-state index is -0.605. The number of aromatic nitrogens is 2. The van der Waals surface area contributed by atoms with Gasteiger partial charge in [-0.15, -0.1) is 22.0 Å². The molecule has 1 amide bonds. The molecule has 7 nitrogen and oxygen atoms in total. The molecule has 2 aromatic carbocycles. The SMILES string of the molecule is Cc1nnc(SCC2=C(C(=O)OC(c3ccccc3)c3ccccc3)N3C(=O)[C@@H](N)[C@H]3SC2)s1. The molecule has 0 bridgehead atoms. The van der Waals surface area contributed by atoms with Crippen LogP contribution in [0.2, 0.25) is 0 Å². The number of fused-ring (bicyclic) bond motifs is 1. The molecule has 34 heavy (non-hydrogen) atoms. The molecule has 0 spiro atoms. The summed E-state index contributed by atoms with van der Waals surface area (Å²) in [7, 11) is 0. The maximum Gasteiger partial charge on any atom is 0.356 e. The van der Waals surface area contributed by atoms with Crippen molar-refractivity contribution in [1.29, 1.82) is 0 Å². The molecule has 1 saturated heterocycles. The third-order valence-electron chi connectivity index (χ3n) is 5.59. The molecular formula is C24H22N4O3S3. The van der Waals surface area contributed by atoms with Gasteiger partial charge in [0.2, 0.25) is 5.91 Å². The number of nitrogens with two attached hydrogens (primary N) is 1. The molecule has 5 rings (SSSR count). The van der Waals surface area contributed by atoms with Crippen LogP contribution in [0, 0.1) is 6.92 Å². The van der Waals surface area contributed by atoms with Gasteiger partial charge in [-0.25, -0.2) is 4.79 Å². The summed E-state index contributed by atoms with van der Waals surface area (Å²) in [5.41, 5.74) is 8.89. The van der Waals surface area contributed by atoms with Crippen molar-refractivity contribution in [3.63, 3.8) is 0 Å². The molecule has 1 fully saturated rings. The standard InChI is InChI=1S/C24H22N4O3S3/c1-14-26-27-24(34-14)33-13-17-12-32-22-18(25)21(29)28(22)19(17)23(30)31-20(15-8-4-2-5-9-15)16-10-6-3-7-11-16/h2-11,18,20,22H,12-13,25H2,1H3/t18-,22-/m1/s1. The van der Waals surface area contributed by atoms with Crippen molar-refractivity contribution in [3.05, 3.63) is 88.1 Å². The number of nitrogens with zero attached hydrogens (tertiary/aromatic N) is 3. The molecule has 3 aromatic rings. The maximum atomic E-state index is 13.7. The number of hydrogen-bond acceptors (Lipinski definition) is 9. The Hall–Kier alpha value is -2.66. The normalized spacial score (nSPS) is 19.7. The molecule has 174 valence electrons. The Morgan fingerprint density at radius 3 is 2.38 bits per heavy atom. The second-order valence-electron chi connectivity index (χ2n) is 7.87. The number of ether oxygens (including phenoxy) is 1. The van der Waals surface area contributed by atoms with Gasteiger partial charge in [-0.2, -0.15) is 0 Å². The Morgan fingerprint density at radius 1 is 1.15 bits per heavy atom. The molecule has 10 heteroatoms. The highest BCUT2D eigenvalue weighted by atomic mass is 32.2. The number of benzene rings is 2. The fourth-order valence-corrected chi connectivity index (χ4v) is 7.16. The monoisotopic (exact) mass is 510 g/mol. The number of aryl methyl sites for hydroxylation is 1.